The Balaban J connectivity index is 1.44. The van der Waals surface area contributed by atoms with E-state index in [0.29, 0.717) is 30.4 Å². The maximum atomic E-state index is 14.9. The molecule has 0 bridgehead atoms. The van der Waals surface area contributed by atoms with Crippen LogP contribution >= 0.6 is 0 Å². The number of halogens is 3. The van der Waals surface area contributed by atoms with Crippen molar-refractivity contribution in [2.45, 2.75) is 37.1 Å². The molecule has 2 amide bonds. The van der Waals surface area contributed by atoms with Crippen LogP contribution in [0.15, 0.2) is 41.3 Å². The number of amides is 2. The molecule has 1 aromatic heterocycles. The highest BCUT2D eigenvalue weighted by molar-refractivity contribution is 7.89. The first-order valence-corrected chi connectivity index (χ1v) is 13.8. The van der Waals surface area contributed by atoms with E-state index < -0.39 is 61.1 Å². The molecule has 0 aliphatic carbocycles. The Kier molecular flexibility index (Phi) is 7.18. The van der Waals surface area contributed by atoms with Crippen LogP contribution in [0.1, 0.15) is 41.9 Å². The molecule has 2 aliphatic heterocycles. The first-order valence-electron chi connectivity index (χ1n) is 12.4. The number of rotatable bonds is 6. The third-order valence-electron chi connectivity index (χ3n) is 6.95. The standard InChI is InChI=1S/C26H26F3N5O5S/c1-26(2)13-34(40(37,38)17-9-15(27)8-16(28)10-17)11-18-22(26)32-33-23(18)31-25(36)21-19(29)4-3-5-20(21)30-24(35)14-6-7-39-12-14/h3-5,8-10,14H,6-7,11-13H2,1-2H3,(H,30,35)(H2,31,32,33,36). The number of aromatic nitrogens is 2. The van der Waals surface area contributed by atoms with Crippen LogP contribution in [-0.2, 0) is 31.5 Å². The van der Waals surface area contributed by atoms with E-state index in [-0.39, 0.29) is 31.2 Å². The lowest BCUT2D eigenvalue weighted by atomic mass is 9.84. The molecule has 3 aromatic rings. The second-order valence-corrected chi connectivity index (χ2v) is 12.3. The SMILES string of the molecule is CC1(C)CN(S(=O)(=O)c2cc(F)cc(F)c2)Cc2c(NC(=O)c3c(F)cccc3NC(=O)C3CCOC3)n[nH]c21. The van der Waals surface area contributed by atoms with Crippen LogP contribution in [0.2, 0.25) is 0 Å². The number of ether oxygens (including phenoxy) is 1. The maximum Gasteiger partial charge on any atom is 0.261 e. The fourth-order valence-electron chi connectivity index (χ4n) is 4.94. The van der Waals surface area contributed by atoms with Crippen molar-refractivity contribution < 1.29 is 35.9 Å². The van der Waals surface area contributed by atoms with E-state index in [1.165, 1.54) is 12.1 Å². The predicted molar refractivity (Wildman–Crippen MR) is 137 cm³/mol. The molecule has 40 heavy (non-hydrogen) atoms. The Morgan fingerprint density at radius 2 is 1.85 bits per heavy atom. The van der Waals surface area contributed by atoms with Crippen LogP contribution in [0.4, 0.5) is 24.7 Å². The van der Waals surface area contributed by atoms with E-state index in [4.69, 9.17) is 4.74 Å². The Bertz CT molecular complexity index is 1580. The van der Waals surface area contributed by atoms with Gasteiger partial charge in [-0.25, -0.2) is 21.6 Å². The minimum absolute atomic E-state index is 0.0449. The zero-order valence-electron chi connectivity index (χ0n) is 21.6. The monoisotopic (exact) mass is 577 g/mol. The van der Waals surface area contributed by atoms with E-state index >= 15 is 0 Å². The van der Waals surface area contributed by atoms with Gasteiger partial charge in [-0.2, -0.15) is 9.40 Å². The average molecular weight is 578 g/mol. The number of H-pyrrole nitrogens is 1. The molecule has 0 saturated carbocycles. The van der Waals surface area contributed by atoms with E-state index in [0.717, 1.165) is 22.5 Å². The summed E-state index contributed by atoms with van der Waals surface area (Å²) in [6.45, 7) is 3.79. The molecule has 10 nitrogen and oxygen atoms in total. The Labute approximate surface area is 227 Å². The molecule has 1 atom stereocenters. The van der Waals surface area contributed by atoms with Gasteiger partial charge in [-0.1, -0.05) is 19.9 Å². The van der Waals surface area contributed by atoms with Crippen LogP contribution in [0.25, 0.3) is 0 Å². The van der Waals surface area contributed by atoms with Gasteiger partial charge in [0.05, 0.1) is 28.7 Å². The van der Waals surface area contributed by atoms with Gasteiger partial charge in [0, 0.05) is 42.4 Å². The van der Waals surface area contributed by atoms with Crippen LogP contribution in [-0.4, -0.2) is 54.5 Å². The van der Waals surface area contributed by atoms with E-state index in [1.54, 1.807) is 13.8 Å². The first-order chi connectivity index (χ1) is 18.9. The number of nitrogens with one attached hydrogen (secondary N) is 3. The fraction of sp³-hybridized carbons (Fsp3) is 0.346. The summed E-state index contributed by atoms with van der Waals surface area (Å²) in [5, 5.41) is 12.1. The summed E-state index contributed by atoms with van der Waals surface area (Å²) in [4.78, 5) is 25.3. The third kappa shape index (κ3) is 5.21. The van der Waals surface area contributed by atoms with Crippen LogP contribution in [0, 0.1) is 23.4 Å². The highest BCUT2D eigenvalue weighted by atomic mass is 32.2. The minimum Gasteiger partial charge on any atom is -0.381 e. The summed E-state index contributed by atoms with van der Waals surface area (Å²) >= 11 is 0. The van der Waals surface area contributed by atoms with Gasteiger partial charge >= 0.3 is 0 Å². The van der Waals surface area contributed by atoms with Crippen molar-refractivity contribution in [2.24, 2.45) is 5.92 Å². The number of anilines is 2. The summed E-state index contributed by atoms with van der Waals surface area (Å²) in [7, 11) is -4.35. The molecule has 1 saturated heterocycles. The first kappa shape index (κ1) is 27.8. The highest BCUT2D eigenvalue weighted by Gasteiger charge is 2.41. The van der Waals surface area contributed by atoms with E-state index in [1.807, 2.05) is 0 Å². The topological polar surface area (TPSA) is 133 Å². The number of hydrogen-bond acceptors (Lipinski definition) is 6. The van der Waals surface area contributed by atoms with Gasteiger partial charge in [0.15, 0.2) is 5.82 Å². The zero-order valence-corrected chi connectivity index (χ0v) is 22.4. The molecular weight excluding hydrogens is 551 g/mol. The zero-order chi connectivity index (χ0) is 28.8. The smallest absolute Gasteiger partial charge is 0.261 e. The van der Waals surface area contributed by atoms with Crippen molar-refractivity contribution >= 4 is 33.3 Å². The van der Waals surface area contributed by atoms with Gasteiger partial charge in [0.2, 0.25) is 15.9 Å². The molecule has 0 spiro atoms. The lowest BCUT2D eigenvalue weighted by Crippen LogP contribution is -2.45. The molecule has 3 heterocycles. The third-order valence-corrected chi connectivity index (χ3v) is 8.72. The maximum absolute atomic E-state index is 14.9. The number of nitrogens with zero attached hydrogens (tertiary/aromatic N) is 2. The molecule has 2 aliphatic rings. The molecule has 14 heteroatoms. The highest BCUT2D eigenvalue weighted by Crippen LogP contribution is 2.38. The number of benzene rings is 2. The molecule has 212 valence electrons. The van der Waals surface area contributed by atoms with Crippen molar-refractivity contribution in [1.82, 2.24) is 14.5 Å². The van der Waals surface area contributed by atoms with Gasteiger partial charge in [0.1, 0.15) is 17.5 Å². The number of hydrogen-bond donors (Lipinski definition) is 3. The number of sulfonamides is 1. The van der Waals surface area contributed by atoms with Crippen LogP contribution < -0.4 is 10.6 Å². The van der Waals surface area contributed by atoms with Crippen molar-refractivity contribution in [3.8, 4) is 0 Å². The largest absolute Gasteiger partial charge is 0.381 e. The lowest BCUT2D eigenvalue weighted by molar-refractivity contribution is -0.119. The quantitative estimate of drug-likeness (QED) is 0.411. The van der Waals surface area contributed by atoms with Gasteiger partial charge < -0.3 is 15.4 Å². The van der Waals surface area contributed by atoms with Gasteiger partial charge in [0.25, 0.3) is 5.91 Å². The lowest BCUT2D eigenvalue weighted by Gasteiger charge is -2.36. The second kappa shape index (κ2) is 10.3. The van der Waals surface area contributed by atoms with Crippen molar-refractivity contribution in [3.63, 3.8) is 0 Å². The molecule has 0 radical (unpaired) electrons. The summed E-state index contributed by atoms with van der Waals surface area (Å²) in [6.07, 6.45) is 0.500. The predicted octanol–water partition coefficient (Wildman–Crippen LogP) is 3.54. The van der Waals surface area contributed by atoms with Crippen molar-refractivity contribution in [2.75, 3.05) is 30.4 Å². The van der Waals surface area contributed by atoms with Gasteiger partial charge in [-0.05, 0) is 30.7 Å². The van der Waals surface area contributed by atoms with Gasteiger partial charge in [-0.3, -0.25) is 14.7 Å². The summed E-state index contributed by atoms with van der Waals surface area (Å²) in [5.74, 6) is -4.79. The average Bonchev–Trinajstić information content (AvgIpc) is 3.54. The number of carbonyl (C=O) groups is 2. The van der Waals surface area contributed by atoms with Crippen LogP contribution in [0.5, 0.6) is 0 Å². The Hall–Kier alpha value is -3.75. The molecule has 1 unspecified atom stereocenters. The van der Waals surface area contributed by atoms with Crippen LogP contribution in [0.3, 0.4) is 0 Å². The van der Waals surface area contributed by atoms with E-state index in [9.17, 15) is 31.2 Å². The Morgan fingerprint density at radius 1 is 1.12 bits per heavy atom. The minimum atomic E-state index is -4.35. The molecule has 3 N–H and O–H groups in total. The normalized spacial score (nSPS) is 18.8. The molecule has 2 aromatic carbocycles. The number of aromatic amines is 1. The number of fused-ring (bicyclic) bond motifs is 1. The van der Waals surface area contributed by atoms with Gasteiger partial charge in [-0.15, -0.1) is 0 Å². The molecule has 1 fully saturated rings. The molecule has 5 rings (SSSR count). The second-order valence-electron chi connectivity index (χ2n) is 10.4. The van der Waals surface area contributed by atoms with Crippen molar-refractivity contribution in [1.29, 1.82) is 0 Å². The molecular formula is C26H26F3N5O5S. The van der Waals surface area contributed by atoms with Crippen molar-refractivity contribution in [3.05, 3.63) is 70.7 Å². The summed E-state index contributed by atoms with van der Waals surface area (Å²) < 4.78 is 75.5. The number of carbonyl (C=O) groups excluding carboxylic acids is 2. The van der Waals surface area contributed by atoms with E-state index in [2.05, 4.69) is 20.8 Å². The summed E-state index contributed by atoms with van der Waals surface area (Å²) in [6, 6.07) is 5.83. The fourth-order valence-corrected chi connectivity index (χ4v) is 6.55. The summed E-state index contributed by atoms with van der Waals surface area (Å²) in [5.41, 5.74) is -0.487. The Morgan fingerprint density at radius 3 is 2.52 bits per heavy atom.